The third kappa shape index (κ3) is 4.41. The van der Waals surface area contributed by atoms with Gasteiger partial charge in [0.05, 0.1) is 30.3 Å². The number of anilines is 1. The van der Waals surface area contributed by atoms with Gasteiger partial charge in [0.15, 0.2) is 17.3 Å². The van der Waals surface area contributed by atoms with Crippen molar-refractivity contribution in [1.29, 1.82) is 5.26 Å². The molecule has 1 heterocycles. The fraction of sp³-hybridized carbons (Fsp3) is 0.300. The Kier molecular flexibility index (Phi) is 5.62. The molecule has 2 atom stereocenters. The van der Waals surface area contributed by atoms with Gasteiger partial charge in [0.2, 0.25) is 0 Å². The number of nitrogens with zero attached hydrogens (tertiary/aromatic N) is 3. The van der Waals surface area contributed by atoms with E-state index in [2.05, 4.69) is 4.85 Å². The minimum Gasteiger partial charge on any atom is -0.488 e. The predicted octanol–water partition coefficient (Wildman–Crippen LogP) is 4.90. The first-order valence-corrected chi connectivity index (χ1v) is 8.56. The molecule has 0 unspecified atom stereocenters. The summed E-state index contributed by atoms with van der Waals surface area (Å²) in [7, 11) is 0. The highest BCUT2D eigenvalue weighted by molar-refractivity contribution is 5.55. The highest BCUT2D eigenvalue weighted by atomic mass is 19.4. The molecule has 0 aromatic heterocycles. The minimum absolute atomic E-state index is 0.0163. The molecule has 0 radical (unpaired) electrons. The molecular formula is C20H15F4N3O2. The third-order valence-corrected chi connectivity index (χ3v) is 4.46. The van der Waals surface area contributed by atoms with Crippen molar-refractivity contribution >= 4 is 11.4 Å². The average molecular weight is 405 g/mol. The third-order valence-electron chi connectivity index (χ3n) is 4.46. The summed E-state index contributed by atoms with van der Waals surface area (Å²) in [4.78, 5) is 4.74. The monoisotopic (exact) mass is 405 g/mol. The zero-order valence-corrected chi connectivity index (χ0v) is 15.2. The number of alkyl halides is 3. The van der Waals surface area contributed by atoms with Crippen LogP contribution in [-0.2, 0) is 10.9 Å². The van der Waals surface area contributed by atoms with E-state index >= 15 is 0 Å². The zero-order valence-electron chi connectivity index (χ0n) is 15.2. The first-order chi connectivity index (χ1) is 13.7. The maximum absolute atomic E-state index is 13.9. The topological polar surface area (TPSA) is 49.8 Å². The molecule has 150 valence electrons. The van der Waals surface area contributed by atoms with Gasteiger partial charge in [0.1, 0.15) is 18.9 Å². The lowest BCUT2D eigenvalue weighted by atomic mass is 10.1. The summed E-state index contributed by atoms with van der Waals surface area (Å²) < 4.78 is 64.6. The smallest absolute Gasteiger partial charge is 0.417 e. The minimum atomic E-state index is -4.65. The molecule has 5 nitrogen and oxygen atoms in total. The Morgan fingerprint density at radius 2 is 2.07 bits per heavy atom. The van der Waals surface area contributed by atoms with Crippen LogP contribution in [0.15, 0.2) is 36.4 Å². The van der Waals surface area contributed by atoms with Crippen molar-refractivity contribution in [3.05, 3.63) is 64.8 Å². The Hall–Kier alpha value is -3.30. The fourth-order valence-electron chi connectivity index (χ4n) is 3.07. The van der Waals surface area contributed by atoms with Crippen molar-refractivity contribution in [2.24, 2.45) is 0 Å². The normalized spacial score (nSPS) is 18.9. The molecule has 0 amide bonds. The predicted molar refractivity (Wildman–Crippen MR) is 96.0 cm³/mol. The summed E-state index contributed by atoms with van der Waals surface area (Å²) in [5, 5.41) is 8.91. The van der Waals surface area contributed by atoms with Gasteiger partial charge in [-0.05, 0) is 37.3 Å². The zero-order chi connectivity index (χ0) is 21.2. The van der Waals surface area contributed by atoms with E-state index in [0.29, 0.717) is 0 Å². The van der Waals surface area contributed by atoms with Gasteiger partial charge in [-0.3, -0.25) is 0 Å². The summed E-state index contributed by atoms with van der Waals surface area (Å²) in [5.74, 6) is -0.715. The average Bonchev–Trinajstić information content (AvgIpc) is 3.06. The van der Waals surface area contributed by atoms with Crippen LogP contribution < -0.4 is 9.64 Å². The van der Waals surface area contributed by atoms with Crippen LogP contribution in [0.25, 0.3) is 4.85 Å². The summed E-state index contributed by atoms with van der Waals surface area (Å²) in [6.45, 7) is 8.75. The second-order valence-corrected chi connectivity index (χ2v) is 6.39. The van der Waals surface area contributed by atoms with Crippen LogP contribution >= 0.6 is 0 Å². The van der Waals surface area contributed by atoms with E-state index in [4.69, 9.17) is 21.3 Å². The molecule has 1 aliphatic heterocycles. The van der Waals surface area contributed by atoms with Gasteiger partial charge >= 0.3 is 6.18 Å². The first kappa shape index (κ1) is 20.4. The van der Waals surface area contributed by atoms with E-state index in [-0.39, 0.29) is 30.3 Å². The molecule has 0 aliphatic carbocycles. The van der Waals surface area contributed by atoms with Gasteiger partial charge in [0.25, 0.3) is 0 Å². The fourth-order valence-corrected chi connectivity index (χ4v) is 3.07. The summed E-state index contributed by atoms with van der Waals surface area (Å²) >= 11 is 0. The van der Waals surface area contributed by atoms with E-state index in [1.54, 1.807) is 17.9 Å². The van der Waals surface area contributed by atoms with E-state index < -0.39 is 35.5 Å². The molecule has 3 rings (SSSR count). The number of halogens is 4. The Bertz CT molecular complexity index is 995. The highest BCUT2D eigenvalue weighted by Gasteiger charge is 2.36. The van der Waals surface area contributed by atoms with Gasteiger partial charge in [-0.1, -0.05) is 6.07 Å². The molecule has 1 fully saturated rings. The Morgan fingerprint density at radius 1 is 1.31 bits per heavy atom. The Morgan fingerprint density at radius 3 is 2.69 bits per heavy atom. The highest BCUT2D eigenvalue weighted by Crippen LogP contribution is 2.36. The van der Waals surface area contributed by atoms with Gasteiger partial charge in [-0.2, -0.15) is 18.4 Å². The number of hydrogen-bond acceptors (Lipinski definition) is 4. The molecule has 1 saturated heterocycles. The van der Waals surface area contributed by atoms with Crippen LogP contribution in [-0.4, -0.2) is 25.5 Å². The Balaban J connectivity index is 1.72. The lowest BCUT2D eigenvalue weighted by molar-refractivity contribution is -0.137. The van der Waals surface area contributed by atoms with Crippen LogP contribution in [0, 0.1) is 23.7 Å². The number of benzene rings is 2. The van der Waals surface area contributed by atoms with Crippen LogP contribution in [0.4, 0.5) is 28.9 Å². The molecule has 2 aromatic rings. The van der Waals surface area contributed by atoms with E-state index in [1.807, 2.05) is 0 Å². The number of hydrogen-bond donors (Lipinski definition) is 0. The molecule has 0 saturated carbocycles. The van der Waals surface area contributed by atoms with Gasteiger partial charge < -0.3 is 14.4 Å². The van der Waals surface area contributed by atoms with Crippen LogP contribution in [0.5, 0.6) is 5.75 Å². The van der Waals surface area contributed by atoms with Crippen LogP contribution in [0.1, 0.15) is 18.1 Å². The lowest BCUT2D eigenvalue weighted by Crippen LogP contribution is -2.29. The molecule has 1 aliphatic rings. The molecule has 0 spiro atoms. The SMILES string of the molecule is [C-]#[N+]c1ccc(OC[C@@H]2CN(c3ccc(C#N)c(C(F)(F)F)c3)[C@@H](C)O2)c(F)c1. The quantitative estimate of drug-likeness (QED) is 0.537. The standard InChI is InChI=1S/C20H15F4N3O2/c1-12-27(15-5-3-13(9-25)17(8-15)20(22,23)24)10-16(29-12)11-28-19-6-4-14(26-2)7-18(19)21/h3-8,12,16H,10-11H2,1H3/t12-,16+/m1/s1. The maximum atomic E-state index is 13.9. The van der Waals surface area contributed by atoms with E-state index in [0.717, 1.165) is 18.2 Å². The number of rotatable bonds is 4. The molecule has 9 heteroatoms. The Labute approximate surface area is 164 Å². The second-order valence-electron chi connectivity index (χ2n) is 6.39. The van der Waals surface area contributed by atoms with Crippen molar-refractivity contribution in [2.75, 3.05) is 18.1 Å². The largest absolute Gasteiger partial charge is 0.488 e. The molecule has 29 heavy (non-hydrogen) atoms. The molecule has 0 bridgehead atoms. The molecular weight excluding hydrogens is 390 g/mol. The van der Waals surface area contributed by atoms with Crippen molar-refractivity contribution in [2.45, 2.75) is 25.4 Å². The number of nitriles is 1. The van der Waals surface area contributed by atoms with Crippen LogP contribution in [0.3, 0.4) is 0 Å². The van der Waals surface area contributed by atoms with Gasteiger partial charge in [0, 0.05) is 5.69 Å². The van der Waals surface area contributed by atoms with Crippen molar-refractivity contribution in [1.82, 2.24) is 0 Å². The lowest BCUT2D eigenvalue weighted by Gasteiger charge is -2.23. The maximum Gasteiger partial charge on any atom is 0.417 e. The summed E-state index contributed by atoms with van der Waals surface area (Å²) in [6, 6.07) is 8.85. The van der Waals surface area contributed by atoms with Gasteiger partial charge in [-0.25, -0.2) is 9.24 Å². The first-order valence-electron chi connectivity index (χ1n) is 8.56. The molecule has 0 N–H and O–H groups in total. The van der Waals surface area contributed by atoms with Crippen LogP contribution in [0.2, 0.25) is 0 Å². The van der Waals surface area contributed by atoms with E-state index in [9.17, 15) is 17.6 Å². The molecule has 2 aromatic carbocycles. The second kappa shape index (κ2) is 7.98. The van der Waals surface area contributed by atoms with Gasteiger partial charge in [-0.15, -0.1) is 0 Å². The van der Waals surface area contributed by atoms with E-state index in [1.165, 1.54) is 18.2 Å². The van der Waals surface area contributed by atoms with Crippen molar-refractivity contribution in [3.8, 4) is 11.8 Å². The summed E-state index contributed by atoms with van der Waals surface area (Å²) in [5.41, 5.74) is -1.05. The summed E-state index contributed by atoms with van der Waals surface area (Å²) in [6.07, 6.45) is -5.69. The van der Waals surface area contributed by atoms with Crippen molar-refractivity contribution in [3.63, 3.8) is 0 Å². The number of ether oxygens (including phenoxy) is 2. The van der Waals surface area contributed by atoms with Crippen molar-refractivity contribution < 1.29 is 27.0 Å².